The fourth-order valence-corrected chi connectivity index (χ4v) is 5.85. The van der Waals surface area contributed by atoms with Crippen molar-refractivity contribution in [2.45, 2.75) is 24.9 Å². The average Bonchev–Trinajstić information content (AvgIpc) is 3.40. The first-order valence-corrected chi connectivity index (χ1v) is 11.2. The zero-order chi connectivity index (χ0) is 19.1. The van der Waals surface area contributed by atoms with Gasteiger partial charge in [0.1, 0.15) is 11.3 Å². The predicted molar refractivity (Wildman–Crippen MR) is 107 cm³/mol. The second-order valence-corrected chi connectivity index (χ2v) is 9.23. The normalized spacial score (nSPS) is 28.1. The summed E-state index contributed by atoms with van der Waals surface area (Å²) in [7, 11) is 0. The number of fused-ring (bicyclic) bond motifs is 1. The van der Waals surface area contributed by atoms with Crippen LogP contribution in [0.2, 0.25) is 0 Å². The largest absolute Gasteiger partial charge is 0.493 e. The summed E-state index contributed by atoms with van der Waals surface area (Å²) in [5, 5.41) is 2.95. The molecule has 7 nitrogen and oxygen atoms in total. The Labute approximate surface area is 169 Å². The van der Waals surface area contributed by atoms with Gasteiger partial charge in [-0.15, -0.1) is 0 Å². The summed E-state index contributed by atoms with van der Waals surface area (Å²) in [6.45, 7) is 5.75. The van der Waals surface area contributed by atoms with Crippen LogP contribution < -0.4 is 10.1 Å². The van der Waals surface area contributed by atoms with Gasteiger partial charge in [-0.2, -0.15) is 11.8 Å². The third-order valence-electron chi connectivity index (χ3n) is 6.23. The lowest BCUT2D eigenvalue weighted by Gasteiger charge is -2.36. The molecule has 0 aliphatic carbocycles. The van der Waals surface area contributed by atoms with E-state index < -0.39 is 5.54 Å². The van der Waals surface area contributed by atoms with Crippen LogP contribution in [0.4, 0.5) is 4.79 Å². The third-order valence-corrected chi connectivity index (χ3v) is 7.42. The summed E-state index contributed by atoms with van der Waals surface area (Å²) in [5.41, 5.74) is 2.00. The molecule has 4 aliphatic heterocycles. The first kappa shape index (κ1) is 18.3. The third kappa shape index (κ3) is 3.27. The molecule has 5 rings (SSSR count). The van der Waals surface area contributed by atoms with Crippen LogP contribution in [0.15, 0.2) is 18.2 Å². The SMILES string of the molecule is O=C1NC2(CCSC2)C(=O)N1CN1CCN(Cc2ccc3c(c2)CCO3)CC1. The maximum absolute atomic E-state index is 12.8. The fraction of sp³-hybridized carbons (Fsp3) is 0.600. The average molecular weight is 403 g/mol. The number of nitrogens with zero attached hydrogens (tertiary/aromatic N) is 3. The smallest absolute Gasteiger partial charge is 0.326 e. The van der Waals surface area contributed by atoms with Gasteiger partial charge in [0.05, 0.1) is 13.3 Å². The lowest BCUT2D eigenvalue weighted by molar-refractivity contribution is -0.132. The first-order chi connectivity index (χ1) is 13.6. The summed E-state index contributed by atoms with van der Waals surface area (Å²) in [5.74, 6) is 2.63. The number of carbonyl (C=O) groups excluding carboxylic acids is 2. The van der Waals surface area contributed by atoms with Crippen LogP contribution in [0, 0.1) is 0 Å². The Morgan fingerprint density at radius 1 is 1.14 bits per heavy atom. The Kier molecular flexibility index (Phi) is 4.72. The van der Waals surface area contributed by atoms with Crippen LogP contribution in [0.25, 0.3) is 0 Å². The summed E-state index contributed by atoms with van der Waals surface area (Å²) >= 11 is 1.74. The van der Waals surface area contributed by atoms with Crippen LogP contribution in [-0.2, 0) is 17.8 Å². The van der Waals surface area contributed by atoms with Gasteiger partial charge in [0, 0.05) is 44.9 Å². The molecule has 1 atom stereocenters. The quantitative estimate of drug-likeness (QED) is 0.762. The van der Waals surface area contributed by atoms with Crippen molar-refractivity contribution in [3.05, 3.63) is 29.3 Å². The standard InChI is InChI=1S/C20H26N4O3S/c25-18-20(4-10-28-13-20)21-19(26)24(18)14-23-7-5-22(6-8-23)12-15-1-2-17-16(11-15)3-9-27-17/h1-2,11H,3-10,12-14H2,(H,21,26). The lowest BCUT2D eigenvalue weighted by Crippen LogP contribution is -2.52. The van der Waals surface area contributed by atoms with Gasteiger partial charge in [-0.1, -0.05) is 12.1 Å². The zero-order valence-corrected chi connectivity index (χ0v) is 16.8. The van der Waals surface area contributed by atoms with E-state index in [9.17, 15) is 9.59 Å². The van der Waals surface area contributed by atoms with Crippen molar-refractivity contribution in [2.24, 2.45) is 0 Å². The van der Waals surface area contributed by atoms with Gasteiger partial charge >= 0.3 is 6.03 Å². The van der Waals surface area contributed by atoms with Crippen molar-refractivity contribution in [2.75, 3.05) is 51.0 Å². The molecule has 0 radical (unpaired) electrons. The van der Waals surface area contributed by atoms with E-state index >= 15 is 0 Å². The monoisotopic (exact) mass is 402 g/mol. The molecule has 150 valence electrons. The molecule has 1 aromatic rings. The number of rotatable bonds is 4. The highest BCUT2D eigenvalue weighted by Crippen LogP contribution is 2.33. The summed E-state index contributed by atoms with van der Waals surface area (Å²) in [4.78, 5) is 31.2. The van der Waals surface area contributed by atoms with Crippen LogP contribution in [0.1, 0.15) is 17.5 Å². The maximum Gasteiger partial charge on any atom is 0.326 e. The van der Waals surface area contributed by atoms with E-state index in [1.54, 1.807) is 11.8 Å². The van der Waals surface area contributed by atoms with E-state index in [0.29, 0.717) is 12.4 Å². The molecule has 1 spiro atoms. The van der Waals surface area contributed by atoms with E-state index in [4.69, 9.17) is 4.74 Å². The molecule has 0 bridgehead atoms. The van der Waals surface area contributed by atoms with Gasteiger partial charge in [-0.05, 0) is 29.4 Å². The number of piperazine rings is 1. The number of urea groups is 1. The highest BCUT2D eigenvalue weighted by atomic mass is 32.2. The minimum atomic E-state index is -0.638. The number of thioether (sulfide) groups is 1. The molecule has 4 aliphatic rings. The molecule has 1 aromatic carbocycles. The van der Waals surface area contributed by atoms with Crippen molar-refractivity contribution < 1.29 is 14.3 Å². The molecule has 1 unspecified atom stereocenters. The Morgan fingerprint density at radius 2 is 1.96 bits per heavy atom. The van der Waals surface area contributed by atoms with E-state index in [1.807, 2.05) is 0 Å². The molecule has 3 fully saturated rings. The Hall–Kier alpha value is -1.77. The molecule has 3 amide bonds. The van der Waals surface area contributed by atoms with Gasteiger partial charge in [-0.3, -0.25) is 14.6 Å². The maximum atomic E-state index is 12.8. The molecule has 8 heteroatoms. The van der Waals surface area contributed by atoms with Crippen LogP contribution >= 0.6 is 11.8 Å². The van der Waals surface area contributed by atoms with Crippen LogP contribution in [0.3, 0.4) is 0 Å². The number of imide groups is 1. The van der Waals surface area contributed by atoms with Crippen LogP contribution in [0.5, 0.6) is 5.75 Å². The Balaban J connectivity index is 1.14. The van der Waals surface area contributed by atoms with E-state index in [1.165, 1.54) is 16.0 Å². The Bertz CT molecular complexity index is 788. The van der Waals surface area contributed by atoms with E-state index in [0.717, 1.165) is 63.7 Å². The van der Waals surface area contributed by atoms with Gasteiger partial charge in [0.2, 0.25) is 0 Å². The summed E-state index contributed by atoms with van der Waals surface area (Å²) < 4.78 is 5.59. The van der Waals surface area contributed by atoms with Gasteiger partial charge in [0.15, 0.2) is 0 Å². The van der Waals surface area contributed by atoms with Gasteiger partial charge < -0.3 is 10.1 Å². The predicted octanol–water partition coefficient (Wildman–Crippen LogP) is 1.12. The molecule has 0 saturated carbocycles. The highest BCUT2D eigenvalue weighted by Gasteiger charge is 2.53. The first-order valence-electron chi connectivity index (χ1n) is 10.0. The number of nitrogens with one attached hydrogen (secondary N) is 1. The number of amides is 3. The zero-order valence-electron chi connectivity index (χ0n) is 16.0. The number of hydrogen-bond acceptors (Lipinski definition) is 6. The molecule has 28 heavy (non-hydrogen) atoms. The van der Waals surface area contributed by atoms with Crippen molar-refractivity contribution in [1.82, 2.24) is 20.0 Å². The number of ether oxygens (including phenoxy) is 1. The van der Waals surface area contributed by atoms with Crippen LogP contribution in [-0.4, -0.2) is 83.1 Å². The molecule has 3 saturated heterocycles. The second-order valence-electron chi connectivity index (χ2n) is 8.12. The second kappa shape index (κ2) is 7.24. The van der Waals surface area contributed by atoms with Gasteiger partial charge in [-0.25, -0.2) is 9.69 Å². The molecule has 0 aromatic heterocycles. The topological polar surface area (TPSA) is 65.1 Å². The van der Waals surface area contributed by atoms with Crippen molar-refractivity contribution in [3.8, 4) is 5.75 Å². The molecule has 1 N–H and O–H groups in total. The number of carbonyl (C=O) groups is 2. The van der Waals surface area contributed by atoms with E-state index in [-0.39, 0.29) is 11.9 Å². The summed E-state index contributed by atoms with van der Waals surface area (Å²) in [6, 6.07) is 6.28. The van der Waals surface area contributed by atoms with Crippen molar-refractivity contribution in [3.63, 3.8) is 0 Å². The Morgan fingerprint density at radius 3 is 2.75 bits per heavy atom. The fourth-order valence-electron chi connectivity index (χ4n) is 4.52. The van der Waals surface area contributed by atoms with Crippen molar-refractivity contribution in [1.29, 1.82) is 0 Å². The van der Waals surface area contributed by atoms with Gasteiger partial charge in [0.25, 0.3) is 5.91 Å². The van der Waals surface area contributed by atoms with E-state index in [2.05, 4.69) is 33.3 Å². The molecule has 4 heterocycles. The molecular weight excluding hydrogens is 376 g/mol. The highest BCUT2D eigenvalue weighted by molar-refractivity contribution is 7.99. The minimum Gasteiger partial charge on any atom is -0.493 e. The summed E-state index contributed by atoms with van der Waals surface area (Å²) in [6.07, 6.45) is 1.75. The number of hydrogen-bond donors (Lipinski definition) is 1. The minimum absolute atomic E-state index is 0.0368. The number of benzene rings is 1. The lowest BCUT2D eigenvalue weighted by atomic mass is 10.00. The molecular formula is C20H26N4O3S. The van der Waals surface area contributed by atoms with Crippen molar-refractivity contribution >= 4 is 23.7 Å².